The molecule has 6 heteroatoms. The molecule has 1 aliphatic rings. The Kier molecular flexibility index (Phi) is 3.95. The van der Waals surface area contributed by atoms with Crippen molar-refractivity contribution in [1.82, 2.24) is 0 Å². The molecule has 6 nitrogen and oxygen atoms in total. The molecule has 0 N–H and O–H groups in total. The standard InChI is InChI=1S/C18H14N2O4/c1-11-6-7-14(8-12(11)2)17-19-16(18(21)24-17)10-13-4-3-5-15(9-13)20(22)23/h3-10H,1-2H3/b16-10-. The van der Waals surface area contributed by atoms with Gasteiger partial charge in [-0.2, -0.15) is 0 Å². The van der Waals surface area contributed by atoms with Gasteiger partial charge in [0.15, 0.2) is 5.70 Å². The van der Waals surface area contributed by atoms with Crippen molar-refractivity contribution >= 4 is 23.6 Å². The molecule has 0 saturated carbocycles. The molecule has 0 bridgehead atoms. The fourth-order valence-electron chi connectivity index (χ4n) is 2.29. The van der Waals surface area contributed by atoms with E-state index in [-0.39, 0.29) is 17.3 Å². The summed E-state index contributed by atoms with van der Waals surface area (Å²) in [5.74, 6) is -0.338. The Labute approximate surface area is 138 Å². The van der Waals surface area contributed by atoms with Gasteiger partial charge in [-0.3, -0.25) is 10.1 Å². The van der Waals surface area contributed by atoms with Crippen LogP contribution in [0.15, 0.2) is 53.2 Å². The van der Waals surface area contributed by atoms with Crippen molar-refractivity contribution in [3.8, 4) is 0 Å². The lowest BCUT2D eigenvalue weighted by Crippen LogP contribution is -2.05. The van der Waals surface area contributed by atoms with E-state index in [9.17, 15) is 14.9 Å². The van der Waals surface area contributed by atoms with Crippen molar-refractivity contribution in [3.63, 3.8) is 0 Å². The van der Waals surface area contributed by atoms with E-state index in [0.717, 1.165) is 11.1 Å². The Bertz CT molecular complexity index is 913. The van der Waals surface area contributed by atoms with E-state index >= 15 is 0 Å². The number of nitro benzene ring substituents is 1. The zero-order valence-corrected chi connectivity index (χ0v) is 13.1. The third-order valence-electron chi connectivity index (χ3n) is 3.76. The van der Waals surface area contributed by atoms with Gasteiger partial charge < -0.3 is 4.74 Å². The second-order valence-electron chi connectivity index (χ2n) is 5.49. The highest BCUT2D eigenvalue weighted by molar-refractivity contribution is 6.12. The number of nitrogens with zero attached hydrogens (tertiary/aromatic N) is 2. The predicted molar refractivity (Wildman–Crippen MR) is 89.6 cm³/mol. The number of carbonyl (C=O) groups excluding carboxylic acids is 1. The number of nitro groups is 1. The van der Waals surface area contributed by atoms with Crippen LogP contribution in [0.5, 0.6) is 0 Å². The monoisotopic (exact) mass is 322 g/mol. The van der Waals surface area contributed by atoms with Gasteiger partial charge in [0, 0.05) is 17.7 Å². The molecule has 0 atom stereocenters. The van der Waals surface area contributed by atoms with Gasteiger partial charge in [-0.25, -0.2) is 9.79 Å². The highest BCUT2D eigenvalue weighted by atomic mass is 16.6. The van der Waals surface area contributed by atoms with Crippen LogP contribution in [0.25, 0.3) is 6.08 Å². The lowest BCUT2D eigenvalue weighted by Gasteiger charge is -2.03. The first-order valence-corrected chi connectivity index (χ1v) is 7.29. The number of ether oxygens (including phenoxy) is 1. The highest BCUT2D eigenvalue weighted by Crippen LogP contribution is 2.22. The quantitative estimate of drug-likeness (QED) is 0.374. The summed E-state index contributed by atoms with van der Waals surface area (Å²) >= 11 is 0. The summed E-state index contributed by atoms with van der Waals surface area (Å²) in [6.07, 6.45) is 1.48. The van der Waals surface area contributed by atoms with E-state index in [2.05, 4.69) is 4.99 Å². The maximum atomic E-state index is 12.0. The van der Waals surface area contributed by atoms with Crippen LogP contribution in [-0.2, 0) is 9.53 Å². The van der Waals surface area contributed by atoms with Crippen LogP contribution in [0.3, 0.4) is 0 Å². The van der Waals surface area contributed by atoms with Crippen LogP contribution in [0, 0.1) is 24.0 Å². The number of benzene rings is 2. The zero-order chi connectivity index (χ0) is 17.3. The Balaban J connectivity index is 1.95. The summed E-state index contributed by atoms with van der Waals surface area (Å²) in [6.45, 7) is 3.96. The van der Waals surface area contributed by atoms with Crippen molar-refractivity contribution in [2.24, 2.45) is 4.99 Å². The van der Waals surface area contributed by atoms with Gasteiger partial charge >= 0.3 is 5.97 Å². The summed E-state index contributed by atoms with van der Waals surface area (Å²) in [5, 5.41) is 10.8. The second kappa shape index (κ2) is 6.08. The molecule has 2 aromatic carbocycles. The molecule has 0 amide bonds. The molecule has 0 unspecified atom stereocenters. The molecule has 120 valence electrons. The van der Waals surface area contributed by atoms with Gasteiger partial charge in [0.25, 0.3) is 5.69 Å². The van der Waals surface area contributed by atoms with Crippen LogP contribution in [0.4, 0.5) is 5.69 Å². The first-order chi connectivity index (χ1) is 11.4. The van der Waals surface area contributed by atoms with E-state index in [1.807, 2.05) is 32.0 Å². The normalized spacial score (nSPS) is 15.3. The zero-order valence-electron chi connectivity index (χ0n) is 13.1. The molecule has 0 saturated heterocycles. The van der Waals surface area contributed by atoms with Crippen LogP contribution < -0.4 is 0 Å². The van der Waals surface area contributed by atoms with Crippen molar-refractivity contribution in [3.05, 3.63) is 80.5 Å². The molecule has 24 heavy (non-hydrogen) atoms. The molecular formula is C18H14N2O4. The first kappa shape index (κ1) is 15.6. The Hall–Kier alpha value is -3.28. The number of esters is 1. The molecule has 0 aliphatic carbocycles. The molecular weight excluding hydrogens is 308 g/mol. The molecule has 0 spiro atoms. The summed E-state index contributed by atoms with van der Waals surface area (Å²) in [5.41, 5.74) is 3.51. The minimum atomic E-state index is -0.574. The highest BCUT2D eigenvalue weighted by Gasteiger charge is 2.24. The maximum Gasteiger partial charge on any atom is 0.363 e. The summed E-state index contributed by atoms with van der Waals surface area (Å²) in [4.78, 5) is 26.5. The molecule has 2 aromatic rings. The Morgan fingerprint density at radius 3 is 2.62 bits per heavy atom. The summed E-state index contributed by atoms with van der Waals surface area (Å²) in [7, 11) is 0. The predicted octanol–water partition coefficient (Wildman–Crippen LogP) is 3.56. The van der Waals surface area contributed by atoms with Crippen LogP contribution >= 0.6 is 0 Å². The Morgan fingerprint density at radius 2 is 1.92 bits per heavy atom. The SMILES string of the molecule is Cc1ccc(C2=N/C(=C\c3cccc([N+](=O)[O-])c3)C(=O)O2)cc1C. The van der Waals surface area contributed by atoms with Crippen molar-refractivity contribution in [1.29, 1.82) is 0 Å². The maximum absolute atomic E-state index is 12.0. The minimum absolute atomic E-state index is 0.0472. The first-order valence-electron chi connectivity index (χ1n) is 7.29. The van der Waals surface area contributed by atoms with Gasteiger partial charge in [-0.15, -0.1) is 0 Å². The number of carbonyl (C=O) groups is 1. The molecule has 1 aliphatic heterocycles. The van der Waals surface area contributed by atoms with E-state index in [0.29, 0.717) is 11.1 Å². The summed E-state index contributed by atoms with van der Waals surface area (Å²) in [6, 6.07) is 11.7. The molecule has 3 rings (SSSR count). The largest absolute Gasteiger partial charge is 0.402 e. The van der Waals surface area contributed by atoms with Crippen LogP contribution in [-0.4, -0.2) is 16.8 Å². The van der Waals surface area contributed by atoms with Crippen molar-refractivity contribution < 1.29 is 14.5 Å². The minimum Gasteiger partial charge on any atom is -0.402 e. The number of aryl methyl sites for hydroxylation is 2. The number of rotatable bonds is 3. The van der Waals surface area contributed by atoms with E-state index in [4.69, 9.17) is 4.74 Å². The third-order valence-corrected chi connectivity index (χ3v) is 3.76. The van der Waals surface area contributed by atoms with E-state index < -0.39 is 10.9 Å². The number of hydrogen-bond acceptors (Lipinski definition) is 5. The second-order valence-corrected chi connectivity index (χ2v) is 5.49. The third kappa shape index (κ3) is 3.08. The van der Waals surface area contributed by atoms with Crippen molar-refractivity contribution in [2.75, 3.05) is 0 Å². The number of non-ortho nitro benzene ring substituents is 1. The molecule has 0 fully saturated rings. The average Bonchev–Trinajstić information content (AvgIpc) is 2.91. The summed E-state index contributed by atoms with van der Waals surface area (Å²) < 4.78 is 5.21. The average molecular weight is 322 g/mol. The smallest absolute Gasteiger partial charge is 0.363 e. The molecule has 1 heterocycles. The molecule has 0 aromatic heterocycles. The number of hydrogen-bond donors (Lipinski definition) is 0. The lowest BCUT2D eigenvalue weighted by molar-refractivity contribution is -0.384. The van der Waals surface area contributed by atoms with Crippen molar-refractivity contribution in [2.45, 2.75) is 13.8 Å². The topological polar surface area (TPSA) is 81.8 Å². The van der Waals surface area contributed by atoms with Gasteiger partial charge in [0.05, 0.1) is 4.92 Å². The number of aliphatic imine (C=N–C) groups is 1. The van der Waals surface area contributed by atoms with Gasteiger partial charge in [-0.05, 0) is 48.7 Å². The lowest BCUT2D eigenvalue weighted by atomic mass is 10.1. The van der Waals surface area contributed by atoms with E-state index in [1.165, 1.54) is 18.2 Å². The van der Waals surface area contributed by atoms with E-state index in [1.54, 1.807) is 12.1 Å². The van der Waals surface area contributed by atoms with Gasteiger partial charge in [0.2, 0.25) is 5.90 Å². The fraction of sp³-hybridized carbons (Fsp3) is 0.111. The number of cyclic esters (lactones) is 1. The molecule has 0 radical (unpaired) electrons. The van der Waals surface area contributed by atoms with Gasteiger partial charge in [-0.1, -0.05) is 18.2 Å². The van der Waals surface area contributed by atoms with Crippen LogP contribution in [0.2, 0.25) is 0 Å². The Morgan fingerprint density at radius 1 is 1.12 bits per heavy atom. The van der Waals surface area contributed by atoms with Crippen LogP contribution in [0.1, 0.15) is 22.3 Å². The van der Waals surface area contributed by atoms with Gasteiger partial charge in [0.1, 0.15) is 0 Å². The fourth-order valence-corrected chi connectivity index (χ4v) is 2.29.